The van der Waals surface area contributed by atoms with Gasteiger partial charge in [0, 0.05) is 76.6 Å². The standard InChI is InChI=1S/C62H93N7O24S/c1-37-52(75)54(77)56(79)61(92-37)88-28-26-86-24-16-63-47(70)12-20-84-22-18-65-49(72)35-90-44-10-8-40(9-11-44)42-30-43(59(82)68-15-14-67-58(81)41-6-4-39(5-7-41)34-69-51(74)33-46(94-3)60(69)83)32-45(31-42)91-36-50(73)66-19-23-85-21-13-48(71)64-17-25-87-27-29-89-62-57(80)55(78)53(76)38(2)93-62/h8-11,30-32,37-39,41,46,52-57,61-62,75-80H,4-7,12-29,33-36H2,1-3H3,(H,63,70)(H,64,71)(H,65,72)(H,66,73)(H,67,81)(H,68,82)/t37-,38-,39?,41?,46?,52-,53-,54+,55+,56+,57+,61+,62+/m0/s1. The Hall–Kier alpha value is -6.21. The summed E-state index contributed by atoms with van der Waals surface area (Å²) in [5.74, 6) is -1.94. The van der Waals surface area contributed by atoms with Gasteiger partial charge in [0.05, 0.1) is 83.5 Å². The second-order valence-corrected chi connectivity index (χ2v) is 23.9. The fourth-order valence-electron chi connectivity index (χ4n) is 10.3. The molecule has 32 heteroatoms. The molecule has 11 atom stereocenters. The normalized spacial score (nSPS) is 25.3. The molecule has 2 aromatic carbocycles. The Bertz CT molecular complexity index is 2710. The van der Waals surface area contributed by atoms with E-state index < -0.39 is 85.7 Å². The van der Waals surface area contributed by atoms with Crippen molar-refractivity contribution in [2.45, 2.75) is 125 Å². The van der Waals surface area contributed by atoms with Gasteiger partial charge in [-0.2, -0.15) is 11.8 Å². The monoisotopic (exact) mass is 1350 g/mol. The van der Waals surface area contributed by atoms with Crippen LogP contribution >= 0.6 is 11.8 Å². The minimum Gasteiger partial charge on any atom is -0.484 e. The van der Waals surface area contributed by atoms with Gasteiger partial charge in [-0.05, 0) is 93.2 Å². The largest absolute Gasteiger partial charge is 0.484 e. The van der Waals surface area contributed by atoms with Crippen LogP contribution in [0, 0.1) is 11.8 Å². The highest BCUT2D eigenvalue weighted by atomic mass is 32.2. The number of aliphatic hydroxyl groups excluding tert-OH is 6. The number of amides is 8. The van der Waals surface area contributed by atoms with E-state index in [0.717, 1.165) is 0 Å². The molecule has 6 rings (SSSR count). The Balaban J connectivity index is 0.873. The fourth-order valence-corrected chi connectivity index (χ4v) is 11.0. The van der Waals surface area contributed by atoms with Crippen molar-refractivity contribution < 1.29 is 116 Å². The van der Waals surface area contributed by atoms with Crippen LogP contribution in [0.2, 0.25) is 0 Å². The molecule has 3 aliphatic heterocycles. The first-order valence-corrected chi connectivity index (χ1v) is 33.0. The molecule has 2 aromatic rings. The third-order valence-corrected chi connectivity index (χ3v) is 16.7. The third kappa shape index (κ3) is 25.7. The maximum Gasteiger partial charge on any atom is 0.258 e. The summed E-state index contributed by atoms with van der Waals surface area (Å²) in [5, 5.41) is 75.6. The number of carbonyl (C=O) groups is 8. The minimum absolute atomic E-state index is 0.0343. The van der Waals surface area contributed by atoms with Gasteiger partial charge in [-0.25, -0.2) is 0 Å². The lowest BCUT2D eigenvalue weighted by molar-refractivity contribution is -0.294. The number of thioether (sulfide) groups is 1. The number of nitrogens with one attached hydrogen (secondary N) is 6. The van der Waals surface area contributed by atoms with E-state index in [1.54, 1.807) is 50.2 Å². The molecule has 0 aromatic heterocycles. The number of carbonyl (C=O) groups excluding carboxylic acids is 8. The van der Waals surface area contributed by atoms with E-state index in [0.29, 0.717) is 49.1 Å². The Kier molecular flexibility index (Phi) is 33.5. The first kappa shape index (κ1) is 76.8. The van der Waals surface area contributed by atoms with Crippen LogP contribution in [0.15, 0.2) is 42.5 Å². The number of aliphatic hydroxyl groups is 6. The Morgan fingerprint density at radius 3 is 1.50 bits per heavy atom. The van der Waals surface area contributed by atoms with Crippen LogP contribution in [0.25, 0.3) is 11.1 Å². The molecule has 3 saturated heterocycles. The molecule has 1 aliphatic carbocycles. The third-order valence-electron chi connectivity index (χ3n) is 15.8. The lowest BCUT2D eigenvalue weighted by Gasteiger charge is -2.38. The molecule has 94 heavy (non-hydrogen) atoms. The van der Waals surface area contributed by atoms with Crippen molar-refractivity contribution in [1.29, 1.82) is 0 Å². The Morgan fingerprint density at radius 2 is 1.00 bits per heavy atom. The quantitative estimate of drug-likeness (QED) is 0.0237. The number of hydrogen-bond donors (Lipinski definition) is 12. The van der Waals surface area contributed by atoms with E-state index >= 15 is 0 Å². The number of benzene rings is 2. The molecule has 0 bridgehead atoms. The molecule has 4 fully saturated rings. The van der Waals surface area contributed by atoms with Crippen molar-refractivity contribution in [1.82, 2.24) is 36.8 Å². The summed E-state index contributed by atoms with van der Waals surface area (Å²) in [5.41, 5.74) is 1.36. The number of likely N-dealkylation sites (tertiary alicyclic amines) is 1. The van der Waals surface area contributed by atoms with Gasteiger partial charge in [-0.1, -0.05) is 12.1 Å². The van der Waals surface area contributed by atoms with Crippen LogP contribution in [0.5, 0.6) is 11.5 Å². The minimum atomic E-state index is -1.42. The summed E-state index contributed by atoms with van der Waals surface area (Å²) in [7, 11) is 0. The number of rotatable bonds is 41. The van der Waals surface area contributed by atoms with Crippen LogP contribution in [-0.2, 0) is 71.5 Å². The van der Waals surface area contributed by atoms with Gasteiger partial charge in [-0.3, -0.25) is 43.3 Å². The van der Waals surface area contributed by atoms with E-state index in [9.17, 15) is 69.0 Å². The van der Waals surface area contributed by atoms with Crippen LogP contribution < -0.4 is 41.4 Å². The van der Waals surface area contributed by atoms with Crippen molar-refractivity contribution in [2.24, 2.45) is 11.8 Å². The highest BCUT2D eigenvalue weighted by molar-refractivity contribution is 8.00. The summed E-state index contributed by atoms with van der Waals surface area (Å²) in [4.78, 5) is 103. The number of hydrogen-bond acceptors (Lipinski definition) is 25. The van der Waals surface area contributed by atoms with Gasteiger partial charge in [-0.15, -0.1) is 0 Å². The number of nitrogens with zero attached hydrogens (tertiary/aromatic N) is 1. The Morgan fingerprint density at radius 1 is 0.521 bits per heavy atom. The molecule has 1 saturated carbocycles. The first-order valence-electron chi connectivity index (χ1n) is 31.7. The SMILES string of the molecule is CSC1CC(=O)N(CC2CCC(C(=O)NCCNC(=O)c3cc(OCC(=O)NCCOCCC(=O)NCCOCCO[C@@H]4O[C@@H](C)[C@H](O)[C@@H](O)[C@H]4O)cc(-c4ccc(OCC(=O)NCCOCCC(=O)NCCOCCO[C@@H]5O[C@@H](C)[C@H](O)[C@@H](O)[C@H]5O)cc4)c3)CC2)C1=O. The predicted molar refractivity (Wildman–Crippen MR) is 333 cm³/mol. The van der Waals surface area contributed by atoms with Crippen LogP contribution in [0.1, 0.15) is 69.2 Å². The van der Waals surface area contributed by atoms with E-state index in [1.807, 2.05) is 6.26 Å². The van der Waals surface area contributed by atoms with Crippen molar-refractivity contribution >= 4 is 59.0 Å². The summed E-state index contributed by atoms with van der Waals surface area (Å²) in [6.45, 7) is 4.78. The van der Waals surface area contributed by atoms with E-state index in [-0.39, 0.29) is 189 Å². The van der Waals surface area contributed by atoms with Crippen molar-refractivity contribution in [2.75, 3.05) is 131 Å². The van der Waals surface area contributed by atoms with E-state index in [2.05, 4.69) is 31.9 Å². The second-order valence-electron chi connectivity index (χ2n) is 22.8. The van der Waals surface area contributed by atoms with Gasteiger partial charge in [0.15, 0.2) is 25.8 Å². The van der Waals surface area contributed by atoms with E-state index in [4.69, 9.17) is 47.4 Å². The fraction of sp³-hybridized carbons (Fsp3) is 0.677. The topological polar surface area (TPSA) is 426 Å². The summed E-state index contributed by atoms with van der Waals surface area (Å²) >= 11 is 1.38. The lowest BCUT2D eigenvalue weighted by atomic mass is 9.81. The second kappa shape index (κ2) is 41.0. The molecule has 0 radical (unpaired) electrons. The van der Waals surface area contributed by atoms with Gasteiger partial charge < -0.3 is 110 Å². The molecular formula is C62H93N7O24S. The van der Waals surface area contributed by atoms with E-state index in [1.165, 1.54) is 22.7 Å². The molecule has 526 valence electrons. The number of ether oxygens (including phenoxy) is 10. The van der Waals surface area contributed by atoms with Gasteiger partial charge in [0.25, 0.3) is 17.7 Å². The molecule has 8 amide bonds. The average Bonchev–Trinajstić information content (AvgIpc) is 1.33. The van der Waals surface area contributed by atoms with Crippen molar-refractivity contribution in [3.63, 3.8) is 0 Å². The summed E-state index contributed by atoms with van der Waals surface area (Å²) in [6.07, 6.45) is -7.03. The molecule has 12 N–H and O–H groups in total. The van der Waals surface area contributed by atoms with Gasteiger partial charge in [0.1, 0.15) is 48.1 Å². The predicted octanol–water partition coefficient (Wildman–Crippen LogP) is -2.75. The molecule has 3 heterocycles. The first-order chi connectivity index (χ1) is 45.2. The zero-order valence-electron chi connectivity index (χ0n) is 53.3. The maximum absolute atomic E-state index is 13.7. The van der Waals surface area contributed by atoms with Crippen LogP contribution in [0.4, 0.5) is 0 Å². The molecule has 31 nitrogen and oxygen atoms in total. The highest BCUT2D eigenvalue weighted by Crippen LogP contribution is 2.33. The van der Waals surface area contributed by atoms with Crippen molar-refractivity contribution in [3.8, 4) is 22.6 Å². The molecule has 1 unspecified atom stereocenters. The van der Waals surface area contributed by atoms with Gasteiger partial charge in [0.2, 0.25) is 29.5 Å². The summed E-state index contributed by atoms with van der Waals surface area (Å²) in [6, 6.07) is 11.5. The lowest BCUT2D eigenvalue weighted by Crippen LogP contribution is -2.57. The smallest absolute Gasteiger partial charge is 0.258 e. The van der Waals surface area contributed by atoms with Gasteiger partial charge >= 0.3 is 0 Å². The number of imide groups is 1. The molecular weight excluding hydrogens is 1260 g/mol. The summed E-state index contributed by atoms with van der Waals surface area (Å²) < 4.78 is 55.0. The highest BCUT2D eigenvalue weighted by Gasteiger charge is 2.44. The van der Waals surface area contributed by atoms with Crippen LogP contribution in [0.3, 0.4) is 0 Å². The maximum atomic E-state index is 13.7. The average molecular weight is 1350 g/mol. The van der Waals surface area contributed by atoms with Crippen molar-refractivity contribution in [3.05, 3.63) is 48.0 Å². The Labute approximate surface area is 549 Å². The van der Waals surface area contributed by atoms with Crippen LogP contribution in [-0.4, -0.2) is 281 Å². The zero-order chi connectivity index (χ0) is 67.9. The zero-order valence-corrected chi connectivity index (χ0v) is 54.1. The molecule has 0 spiro atoms. The molecule has 4 aliphatic rings.